The second-order valence-electron chi connectivity index (χ2n) is 5.75. The number of carbonyl (C=O) groups excluding carboxylic acids is 2. The number of halogens is 2. The third-order valence-electron chi connectivity index (χ3n) is 4.09. The van der Waals surface area contributed by atoms with Gasteiger partial charge >= 0.3 is 5.97 Å². The number of carboxylic acids is 1. The number of amides is 2. The minimum Gasteiger partial charge on any atom is -0.481 e. The predicted octanol–water partition coefficient (Wildman–Crippen LogP) is 1.36. The highest BCUT2D eigenvalue weighted by Crippen LogP contribution is 2.18. The summed E-state index contributed by atoms with van der Waals surface area (Å²) in [5, 5.41) is 8.93. The molecule has 0 radical (unpaired) electrons. The SMILES string of the molecule is CN(CC(=O)N1CCC(C(=O)O)CC1)C(=O)c1c(F)cccc1F. The van der Waals surface area contributed by atoms with Crippen molar-refractivity contribution in [3.63, 3.8) is 0 Å². The Morgan fingerprint density at radius 2 is 1.75 bits per heavy atom. The van der Waals surface area contributed by atoms with Crippen LogP contribution in [0.15, 0.2) is 18.2 Å². The molecule has 0 spiro atoms. The van der Waals surface area contributed by atoms with Crippen molar-refractivity contribution in [3.05, 3.63) is 35.4 Å². The molecule has 1 N–H and O–H groups in total. The van der Waals surface area contributed by atoms with Gasteiger partial charge in [-0.3, -0.25) is 14.4 Å². The minimum absolute atomic E-state index is 0.284. The Morgan fingerprint density at radius 1 is 1.21 bits per heavy atom. The number of carbonyl (C=O) groups is 3. The molecule has 0 aliphatic carbocycles. The number of rotatable bonds is 4. The highest BCUT2D eigenvalue weighted by atomic mass is 19.1. The summed E-state index contributed by atoms with van der Waals surface area (Å²) in [5.74, 6) is -4.63. The normalized spacial score (nSPS) is 15.2. The number of hydrogen-bond acceptors (Lipinski definition) is 3. The van der Waals surface area contributed by atoms with E-state index in [0.29, 0.717) is 12.8 Å². The zero-order chi connectivity index (χ0) is 17.9. The molecule has 0 unspecified atom stereocenters. The Balaban J connectivity index is 1.97. The average molecular weight is 340 g/mol. The number of hydrogen-bond donors (Lipinski definition) is 1. The molecule has 1 aromatic carbocycles. The van der Waals surface area contributed by atoms with Gasteiger partial charge in [0, 0.05) is 20.1 Å². The summed E-state index contributed by atoms with van der Waals surface area (Å²) < 4.78 is 27.3. The number of benzene rings is 1. The molecule has 0 bridgehead atoms. The van der Waals surface area contributed by atoms with Crippen LogP contribution in [0, 0.1) is 17.6 Å². The lowest BCUT2D eigenvalue weighted by atomic mass is 9.97. The molecule has 1 aliphatic rings. The number of aliphatic carboxylic acids is 1. The molecule has 1 aromatic rings. The molecule has 1 heterocycles. The zero-order valence-electron chi connectivity index (χ0n) is 13.2. The van der Waals surface area contributed by atoms with Crippen LogP contribution in [0.4, 0.5) is 8.78 Å². The van der Waals surface area contributed by atoms with E-state index >= 15 is 0 Å². The van der Waals surface area contributed by atoms with Crippen molar-refractivity contribution in [1.82, 2.24) is 9.80 Å². The van der Waals surface area contributed by atoms with Gasteiger partial charge in [-0.15, -0.1) is 0 Å². The number of nitrogens with zero attached hydrogens (tertiary/aromatic N) is 2. The first-order chi connectivity index (χ1) is 11.3. The van der Waals surface area contributed by atoms with E-state index in [-0.39, 0.29) is 25.5 Å². The standard InChI is InChI=1S/C16H18F2N2O4/c1-19(15(22)14-11(17)3-2-4-12(14)18)9-13(21)20-7-5-10(6-8-20)16(23)24/h2-4,10H,5-9H2,1H3,(H,23,24). The maximum absolute atomic E-state index is 13.6. The molecule has 1 saturated heterocycles. The van der Waals surface area contributed by atoms with E-state index in [0.717, 1.165) is 23.1 Å². The van der Waals surface area contributed by atoms with Gasteiger partial charge in [0.25, 0.3) is 5.91 Å². The molecule has 1 fully saturated rings. The van der Waals surface area contributed by atoms with Crippen molar-refractivity contribution >= 4 is 17.8 Å². The lowest BCUT2D eigenvalue weighted by molar-refractivity contribution is -0.145. The summed E-state index contributed by atoms with van der Waals surface area (Å²) in [5.41, 5.74) is -0.697. The number of carboxylic acid groups (broad SMARTS) is 1. The van der Waals surface area contributed by atoms with Crippen LogP contribution < -0.4 is 0 Å². The summed E-state index contributed by atoms with van der Waals surface area (Å²) in [4.78, 5) is 37.6. The van der Waals surface area contributed by atoms with Gasteiger partial charge in [0.15, 0.2) is 0 Å². The lowest BCUT2D eigenvalue weighted by Crippen LogP contribution is -2.45. The summed E-state index contributed by atoms with van der Waals surface area (Å²) in [7, 11) is 1.29. The second-order valence-corrected chi connectivity index (χ2v) is 5.75. The Bertz CT molecular complexity index is 637. The van der Waals surface area contributed by atoms with Crippen LogP contribution in [0.1, 0.15) is 23.2 Å². The molecular weight excluding hydrogens is 322 g/mol. The van der Waals surface area contributed by atoms with Crippen LogP contribution in [-0.4, -0.2) is 59.4 Å². The van der Waals surface area contributed by atoms with Gasteiger partial charge in [-0.1, -0.05) is 6.07 Å². The summed E-state index contributed by atoms with van der Waals surface area (Å²) >= 11 is 0. The molecule has 24 heavy (non-hydrogen) atoms. The Labute approximate surface area is 137 Å². The smallest absolute Gasteiger partial charge is 0.306 e. The maximum Gasteiger partial charge on any atom is 0.306 e. The highest BCUT2D eigenvalue weighted by Gasteiger charge is 2.29. The van der Waals surface area contributed by atoms with E-state index in [1.54, 1.807) is 0 Å². The van der Waals surface area contributed by atoms with Gasteiger partial charge in [-0.2, -0.15) is 0 Å². The molecule has 0 aromatic heterocycles. The van der Waals surface area contributed by atoms with Gasteiger partial charge in [0.2, 0.25) is 5.91 Å². The van der Waals surface area contributed by atoms with Gasteiger partial charge in [-0.05, 0) is 25.0 Å². The maximum atomic E-state index is 13.6. The van der Waals surface area contributed by atoms with Crippen molar-refractivity contribution in [2.75, 3.05) is 26.7 Å². The summed E-state index contributed by atoms with van der Waals surface area (Å²) in [6, 6.07) is 3.10. The predicted molar refractivity (Wildman–Crippen MR) is 80.3 cm³/mol. The van der Waals surface area contributed by atoms with Crippen molar-refractivity contribution < 1.29 is 28.3 Å². The Morgan fingerprint density at radius 3 is 2.25 bits per heavy atom. The molecule has 2 rings (SSSR count). The Hall–Kier alpha value is -2.51. The quantitative estimate of drug-likeness (QED) is 0.898. The van der Waals surface area contributed by atoms with Gasteiger partial charge in [-0.25, -0.2) is 8.78 Å². The summed E-state index contributed by atoms with van der Waals surface area (Å²) in [6.07, 6.45) is 0.696. The molecule has 2 amide bonds. The first kappa shape index (κ1) is 17.8. The van der Waals surface area contributed by atoms with Crippen LogP contribution in [0.2, 0.25) is 0 Å². The molecule has 0 saturated carbocycles. The van der Waals surface area contributed by atoms with E-state index < -0.39 is 35.0 Å². The van der Waals surface area contributed by atoms with E-state index in [1.165, 1.54) is 11.9 Å². The number of likely N-dealkylation sites (N-methyl/N-ethyl adjacent to an activating group) is 1. The third-order valence-corrected chi connectivity index (χ3v) is 4.09. The fraction of sp³-hybridized carbons (Fsp3) is 0.438. The zero-order valence-corrected chi connectivity index (χ0v) is 13.2. The van der Waals surface area contributed by atoms with Crippen LogP contribution in [0.25, 0.3) is 0 Å². The molecule has 8 heteroatoms. The third kappa shape index (κ3) is 3.87. The van der Waals surface area contributed by atoms with Gasteiger partial charge < -0.3 is 14.9 Å². The second kappa shape index (κ2) is 7.37. The van der Waals surface area contributed by atoms with Crippen LogP contribution in [0.5, 0.6) is 0 Å². The fourth-order valence-corrected chi connectivity index (χ4v) is 2.64. The van der Waals surface area contributed by atoms with E-state index in [9.17, 15) is 23.2 Å². The minimum atomic E-state index is -0.985. The molecular formula is C16H18F2N2O4. The van der Waals surface area contributed by atoms with Crippen LogP contribution >= 0.6 is 0 Å². The molecule has 130 valence electrons. The largest absolute Gasteiger partial charge is 0.481 e. The number of piperidine rings is 1. The van der Waals surface area contributed by atoms with E-state index in [4.69, 9.17) is 5.11 Å². The fourth-order valence-electron chi connectivity index (χ4n) is 2.64. The highest BCUT2D eigenvalue weighted by molar-refractivity contribution is 5.96. The van der Waals surface area contributed by atoms with Crippen molar-refractivity contribution in [2.24, 2.45) is 5.92 Å². The van der Waals surface area contributed by atoms with Crippen molar-refractivity contribution in [3.8, 4) is 0 Å². The Kier molecular flexibility index (Phi) is 5.48. The monoisotopic (exact) mass is 340 g/mol. The average Bonchev–Trinajstić information content (AvgIpc) is 2.54. The first-order valence-corrected chi connectivity index (χ1v) is 7.51. The topological polar surface area (TPSA) is 77.9 Å². The van der Waals surface area contributed by atoms with Crippen molar-refractivity contribution in [2.45, 2.75) is 12.8 Å². The first-order valence-electron chi connectivity index (χ1n) is 7.51. The van der Waals surface area contributed by atoms with Gasteiger partial charge in [0.05, 0.1) is 12.5 Å². The van der Waals surface area contributed by atoms with E-state index in [2.05, 4.69) is 0 Å². The summed E-state index contributed by atoms with van der Waals surface area (Å²) in [6.45, 7) is 0.238. The van der Waals surface area contributed by atoms with Crippen molar-refractivity contribution in [1.29, 1.82) is 0 Å². The van der Waals surface area contributed by atoms with Crippen LogP contribution in [-0.2, 0) is 9.59 Å². The van der Waals surface area contributed by atoms with Crippen LogP contribution in [0.3, 0.4) is 0 Å². The number of likely N-dealkylation sites (tertiary alicyclic amines) is 1. The molecule has 6 nitrogen and oxygen atoms in total. The molecule has 1 aliphatic heterocycles. The lowest BCUT2D eigenvalue weighted by Gasteiger charge is -2.31. The molecule has 0 atom stereocenters. The van der Waals surface area contributed by atoms with E-state index in [1.807, 2.05) is 0 Å². The van der Waals surface area contributed by atoms with Gasteiger partial charge in [0.1, 0.15) is 17.2 Å².